The van der Waals surface area contributed by atoms with Gasteiger partial charge in [-0.15, -0.1) is 0 Å². The number of hydrogen-bond donors (Lipinski definition) is 0. The molecule has 49 heavy (non-hydrogen) atoms. The molecule has 0 aliphatic heterocycles. The lowest BCUT2D eigenvalue weighted by atomic mass is 9.87. The second-order valence-corrected chi connectivity index (χ2v) is 12.5. The number of hydrogen-bond acceptors (Lipinski definition) is 3. The molecule has 3 aromatic heterocycles. The monoisotopic (exact) mass is 624 g/mol. The summed E-state index contributed by atoms with van der Waals surface area (Å²) in [6, 6.07) is 55.8. The molecule has 0 saturated heterocycles. The summed E-state index contributed by atoms with van der Waals surface area (Å²) in [5.41, 5.74) is 10.6. The maximum atomic E-state index is 5.23. The van der Waals surface area contributed by atoms with Gasteiger partial charge in [0.2, 0.25) is 0 Å². The average molecular weight is 625 g/mol. The molecule has 0 atom stereocenters. The van der Waals surface area contributed by atoms with E-state index in [2.05, 4.69) is 138 Å². The van der Waals surface area contributed by atoms with Crippen LogP contribution in [0.1, 0.15) is 0 Å². The predicted molar refractivity (Wildman–Crippen MR) is 202 cm³/mol. The van der Waals surface area contributed by atoms with Crippen LogP contribution in [0.2, 0.25) is 0 Å². The highest BCUT2D eigenvalue weighted by Crippen LogP contribution is 2.44. The van der Waals surface area contributed by atoms with Crippen LogP contribution in [0, 0.1) is 0 Å². The third-order valence-electron chi connectivity index (χ3n) is 9.65. The summed E-state index contributed by atoms with van der Waals surface area (Å²) in [5, 5.41) is 7.36. The van der Waals surface area contributed by atoms with Gasteiger partial charge in [-0.2, -0.15) is 0 Å². The van der Waals surface area contributed by atoms with Crippen molar-refractivity contribution in [3.8, 4) is 50.7 Å². The van der Waals surface area contributed by atoms with Crippen LogP contribution in [-0.4, -0.2) is 19.5 Å². The highest BCUT2D eigenvalue weighted by atomic mass is 15.1. The average Bonchev–Trinajstić information content (AvgIpc) is 3.57. The second-order valence-electron chi connectivity index (χ2n) is 12.5. The van der Waals surface area contributed by atoms with Gasteiger partial charge >= 0.3 is 0 Å². The van der Waals surface area contributed by atoms with E-state index >= 15 is 0 Å². The Morgan fingerprint density at radius 2 is 0.980 bits per heavy atom. The summed E-state index contributed by atoms with van der Waals surface area (Å²) in [5.74, 6) is 0.939. The van der Waals surface area contributed by atoms with Crippen LogP contribution in [-0.2, 0) is 0 Å². The van der Waals surface area contributed by atoms with Crippen molar-refractivity contribution in [1.82, 2.24) is 19.5 Å². The first-order chi connectivity index (χ1) is 24.3. The molecule has 0 spiro atoms. The standard InChI is InChI=1S/C45H28N4/c1-2-10-34(11-3-1)49-42-15-5-4-14-41(42)48-45(49)38-23-19-30-17-21-36-35(20-16-29-18-22-37(38)44(30)43(29)36)31-26-32(39-12-6-8-24-46-39)28-33(27-31)40-13-7-9-25-47-40/h1-28H. The van der Waals surface area contributed by atoms with Gasteiger partial charge in [-0.05, 0) is 116 Å². The highest BCUT2D eigenvalue weighted by molar-refractivity contribution is 6.27. The van der Waals surface area contributed by atoms with Crippen molar-refractivity contribution in [2.75, 3.05) is 0 Å². The summed E-state index contributed by atoms with van der Waals surface area (Å²) in [6.07, 6.45) is 3.70. The van der Waals surface area contributed by atoms with Gasteiger partial charge in [-0.1, -0.05) is 84.9 Å². The molecular weight excluding hydrogens is 597 g/mol. The largest absolute Gasteiger partial charge is 0.292 e. The smallest absolute Gasteiger partial charge is 0.146 e. The number of benzene rings is 7. The lowest BCUT2D eigenvalue weighted by Crippen LogP contribution is -1.98. The zero-order valence-electron chi connectivity index (χ0n) is 26.5. The van der Waals surface area contributed by atoms with Crippen molar-refractivity contribution in [3.05, 3.63) is 170 Å². The molecule has 0 unspecified atom stereocenters. The molecule has 0 radical (unpaired) electrons. The molecule has 0 aliphatic rings. The van der Waals surface area contributed by atoms with Crippen LogP contribution in [0.25, 0.3) is 94.1 Å². The number of nitrogens with zero attached hydrogens (tertiary/aromatic N) is 4. The Morgan fingerprint density at radius 3 is 1.63 bits per heavy atom. The highest BCUT2D eigenvalue weighted by Gasteiger charge is 2.20. The molecule has 0 bridgehead atoms. The van der Waals surface area contributed by atoms with E-state index in [1.165, 1.54) is 37.9 Å². The molecule has 0 amide bonds. The van der Waals surface area contributed by atoms with Gasteiger partial charge in [-0.25, -0.2) is 4.98 Å². The number of para-hydroxylation sites is 3. The number of rotatable bonds is 5. The van der Waals surface area contributed by atoms with Crippen LogP contribution < -0.4 is 0 Å². The first-order valence-electron chi connectivity index (χ1n) is 16.5. The lowest BCUT2D eigenvalue weighted by molar-refractivity contribution is 1.11. The zero-order valence-corrected chi connectivity index (χ0v) is 26.5. The van der Waals surface area contributed by atoms with Crippen LogP contribution in [0.4, 0.5) is 0 Å². The molecule has 3 heterocycles. The maximum Gasteiger partial charge on any atom is 0.146 e. The molecule has 7 aromatic carbocycles. The van der Waals surface area contributed by atoms with Crippen LogP contribution in [0.5, 0.6) is 0 Å². The molecule has 4 heteroatoms. The van der Waals surface area contributed by atoms with Crippen molar-refractivity contribution < 1.29 is 0 Å². The van der Waals surface area contributed by atoms with E-state index in [0.717, 1.165) is 56.2 Å². The Labute approximate surface area is 283 Å². The number of imidazole rings is 1. The molecule has 228 valence electrons. The first kappa shape index (κ1) is 27.5. The minimum atomic E-state index is 0.935. The summed E-state index contributed by atoms with van der Waals surface area (Å²) in [4.78, 5) is 14.6. The van der Waals surface area contributed by atoms with Crippen LogP contribution in [0.3, 0.4) is 0 Å². The topological polar surface area (TPSA) is 43.6 Å². The molecule has 0 aliphatic carbocycles. The third-order valence-corrected chi connectivity index (χ3v) is 9.65. The molecular formula is C45H28N4. The van der Waals surface area contributed by atoms with Crippen molar-refractivity contribution >= 4 is 43.4 Å². The van der Waals surface area contributed by atoms with E-state index in [9.17, 15) is 0 Å². The quantitative estimate of drug-likeness (QED) is 0.179. The number of fused-ring (bicyclic) bond motifs is 1. The van der Waals surface area contributed by atoms with Crippen molar-refractivity contribution in [1.29, 1.82) is 0 Å². The van der Waals surface area contributed by atoms with E-state index in [1.807, 2.05) is 36.7 Å². The van der Waals surface area contributed by atoms with Crippen LogP contribution in [0.15, 0.2) is 170 Å². The summed E-state index contributed by atoms with van der Waals surface area (Å²) >= 11 is 0. The molecule has 0 fully saturated rings. The van der Waals surface area contributed by atoms with Gasteiger partial charge in [0.15, 0.2) is 0 Å². The SMILES string of the molecule is c1ccc(-n2c(-c3ccc4ccc5c(-c6cc(-c7ccccn7)cc(-c7ccccn7)c6)ccc6ccc3c4c65)nc3ccccc32)cc1. The van der Waals surface area contributed by atoms with Crippen molar-refractivity contribution in [3.63, 3.8) is 0 Å². The van der Waals surface area contributed by atoms with Crippen molar-refractivity contribution in [2.45, 2.75) is 0 Å². The number of pyridine rings is 2. The molecule has 0 saturated carbocycles. The lowest BCUT2D eigenvalue weighted by Gasteiger charge is -2.18. The summed E-state index contributed by atoms with van der Waals surface area (Å²) < 4.78 is 2.29. The fourth-order valence-corrected chi connectivity index (χ4v) is 7.44. The third kappa shape index (κ3) is 4.42. The van der Waals surface area contributed by atoms with E-state index in [0.29, 0.717) is 0 Å². The van der Waals surface area contributed by atoms with E-state index in [-0.39, 0.29) is 0 Å². The summed E-state index contributed by atoms with van der Waals surface area (Å²) in [7, 11) is 0. The Bertz CT molecular complexity index is 2750. The van der Waals surface area contributed by atoms with Crippen molar-refractivity contribution in [2.24, 2.45) is 0 Å². The van der Waals surface area contributed by atoms with Gasteiger partial charge in [0.25, 0.3) is 0 Å². The minimum absolute atomic E-state index is 0.935. The van der Waals surface area contributed by atoms with E-state index in [4.69, 9.17) is 15.0 Å². The minimum Gasteiger partial charge on any atom is -0.292 e. The fourth-order valence-electron chi connectivity index (χ4n) is 7.44. The van der Waals surface area contributed by atoms with Crippen LogP contribution >= 0.6 is 0 Å². The Morgan fingerprint density at radius 1 is 0.429 bits per heavy atom. The van der Waals surface area contributed by atoms with E-state index in [1.54, 1.807) is 0 Å². The number of aromatic nitrogens is 4. The molecule has 4 nitrogen and oxygen atoms in total. The summed E-state index contributed by atoms with van der Waals surface area (Å²) in [6.45, 7) is 0. The first-order valence-corrected chi connectivity index (χ1v) is 16.5. The maximum absolute atomic E-state index is 5.23. The molecule has 10 rings (SSSR count). The van der Waals surface area contributed by atoms with Gasteiger partial charge < -0.3 is 0 Å². The second kappa shape index (κ2) is 11.0. The van der Waals surface area contributed by atoms with Gasteiger partial charge in [0.05, 0.1) is 22.4 Å². The Balaban J connectivity index is 1.24. The fraction of sp³-hybridized carbons (Fsp3) is 0. The van der Waals surface area contributed by atoms with Gasteiger partial charge in [0, 0.05) is 34.8 Å². The Hall–Kier alpha value is -6.65. The molecule has 10 aromatic rings. The normalized spacial score (nSPS) is 11.7. The zero-order chi connectivity index (χ0) is 32.3. The van der Waals surface area contributed by atoms with E-state index < -0.39 is 0 Å². The Kier molecular flexibility index (Phi) is 6.15. The predicted octanol–water partition coefficient (Wildman–Crippen LogP) is 11.4. The molecule has 0 N–H and O–H groups in total. The van der Waals surface area contributed by atoms with Gasteiger partial charge in [-0.3, -0.25) is 14.5 Å². The van der Waals surface area contributed by atoms with Gasteiger partial charge in [0.1, 0.15) is 5.82 Å².